The van der Waals surface area contributed by atoms with Crippen molar-refractivity contribution >= 4 is 46.5 Å². The smallest absolute Gasteiger partial charge is 0.416 e. The van der Waals surface area contributed by atoms with Crippen LogP contribution in [0.15, 0.2) is 60.7 Å². The van der Waals surface area contributed by atoms with Gasteiger partial charge in [0.2, 0.25) is 17.8 Å². The zero-order chi connectivity index (χ0) is 41.7. The highest BCUT2D eigenvalue weighted by molar-refractivity contribution is 6.23. The summed E-state index contributed by atoms with van der Waals surface area (Å²) >= 11 is 0. The lowest BCUT2D eigenvalue weighted by Gasteiger charge is -2.30. The van der Waals surface area contributed by atoms with Gasteiger partial charge in [0.15, 0.2) is 0 Å². The van der Waals surface area contributed by atoms with Gasteiger partial charge in [-0.3, -0.25) is 39.5 Å². The van der Waals surface area contributed by atoms with Crippen LogP contribution in [0.1, 0.15) is 81.2 Å². The number of halogens is 4. The van der Waals surface area contributed by atoms with Gasteiger partial charge >= 0.3 is 6.18 Å². The molecular weight excluding hydrogens is 782 g/mol. The van der Waals surface area contributed by atoms with E-state index in [9.17, 15) is 41.5 Å². The van der Waals surface area contributed by atoms with Crippen LogP contribution in [0, 0.1) is 11.7 Å². The molecule has 3 aliphatic rings. The molecule has 0 radical (unpaired) electrons. The van der Waals surface area contributed by atoms with Gasteiger partial charge in [-0.1, -0.05) is 6.07 Å². The van der Waals surface area contributed by atoms with Crippen LogP contribution in [-0.2, 0) is 30.0 Å². The number of ether oxygens (including phenoxy) is 4. The van der Waals surface area contributed by atoms with Gasteiger partial charge in [-0.25, -0.2) is 9.37 Å². The molecular formula is C41H41F4N5O9. The van der Waals surface area contributed by atoms with Crippen molar-refractivity contribution in [1.29, 1.82) is 0 Å². The van der Waals surface area contributed by atoms with Crippen molar-refractivity contribution in [3.8, 4) is 5.75 Å². The maximum absolute atomic E-state index is 14.1. The normalized spacial score (nSPS) is 19.6. The standard InChI is InChI=1S/C41H41F4N5O9/c42-27-6-11-33-32(21-27)46-40(48-36(52)25-2-1-3-26(20-25)41(43,44)45)49(33)28-7-4-24(5-8-28)23-58-17-16-56-14-15-57-18-19-59-29-9-10-30-31(22-29)39(55)50(38(30)54)34-12-13-35(51)47-37(34)53/h1-3,6,9-11,20-22,24,28,34H,4-5,7-8,12-19,23H2,(H,46,48,52)(H,47,51,53)/t24-,28+,34?. The summed E-state index contributed by atoms with van der Waals surface area (Å²) in [5.74, 6) is -2.81. The highest BCUT2D eigenvalue weighted by atomic mass is 19.4. The number of hydrogen-bond acceptors (Lipinski definition) is 10. The fraction of sp³-hybridized carbons (Fsp3) is 0.415. The Bertz CT molecular complexity index is 2240. The number of imide groups is 2. The van der Waals surface area contributed by atoms with Gasteiger partial charge in [-0.15, -0.1) is 0 Å². The maximum atomic E-state index is 14.1. The number of aromatic nitrogens is 2. The van der Waals surface area contributed by atoms with Crippen LogP contribution in [0.5, 0.6) is 5.75 Å². The van der Waals surface area contributed by atoms with Crippen molar-refractivity contribution in [2.24, 2.45) is 5.92 Å². The predicted molar refractivity (Wildman–Crippen MR) is 201 cm³/mol. The molecule has 4 aromatic rings. The van der Waals surface area contributed by atoms with E-state index in [1.165, 1.54) is 36.4 Å². The highest BCUT2D eigenvalue weighted by Gasteiger charge is 2.44. The van der Waals surface area contributed by atoms with Crippen molar-refractivity contribution in [1.82, 2.24) is 19.8 Å². The van der Waals surface area contributed by atoms with Gasteiger partial charge < -0.3 is 23.5 Å². The molecule has 14 nitrogen and oxygen atoms in total. The molecule has 312 valence electrons. The van der Waals surface area contributed by atoms with Crippen LogP contribution in [-0.4, -0.2) is 96.3 Å². The number of piperidine rings is 1. The minimum Gasteiger partial charge on any atom is -0.491 e. The Balaban J connectivity index is 0.784. The summed E-state index contributed by atoms with van der Waals surface area (Å²) in [5, 5.41) is 4.82. The third-order valence-corrected chi connectivity index (χ3v) is 10.5. The van der Waals surface area contributed by atoms with Crippen LogP contribution in [0.2, 0.25) is 0 Å². The van der Waals surface area contributed by atoms with Crippen molar-refractivity contribution in [2.75, 3.05) is 51.6 Å². The molecule has 2 fully saturated rings. The molecule has 2 N–H and O–H groups in total. The number of amides is 5. The fourth-order valence-corrected chi connectivity index (χ4v) is 7.56. The Morgan fingerprint density at radius 3 is 2.25 bits per heavy atom. The minimum atomic E-state index is -4.61. The van der Waals surface area contributed by atoms with E-state index in [0.717, 1.165) is 29.9 Å². The van der Waals surface area contributed by atoms with Gasteiger partial charge in [0, 0.05) is 30.7 Å². The second kappa shape index (κ2) is 18.0. The maximum Gasteiger partial charge on any atom is 0.416 e. The van der Waals surface area contributed by atoms with Crippen LogP contribution in [0.3, 0.4) is 0 Å². The Morgan fingerprint density at radius 1 is 0.814 bits per heavy atom. The number of hydrogen-bond donors (Lipinski definition) is 2. The van der Waals surface area contributed by atoms with E-state index in [1.54, 1.807) is 12.1 Å². The topological polar surface area (TPSA) is 167 Å². The molecule has 1 atom stereocenters. The number of anilines is 1. The summed E-state index contributed by atoms with van der Waals surface area (Å²) in [6.07, 6.45) is -1.45. The van der Waals surface area contributed by atoms with Crippen LogP contribution in [0.25, 0.3) is 11.0 Å². The van der Waals surface area contributed by atoms with Crippen LogP contribution in [0.4, 0.5) is 23.5 Å². The van der Waals surface area contributed by atoms with E-state index in [1.807, 2.05) is 4.57 Å². The lowest BCUT2D eigenvalue weighted by atomic mass is 9.86. The largest absolute Gasteiger partial charge is 0.491 e. The third-order valence-electron chi connectivity index (χ3n) is 10.5. The Hall–Kier alpha value is -5.72. The molecule has 1 aromatic heterocycles. The molecule has 7 rings (SSSR count). The molecule has 3 aromatic carbocycles. The van der Waals surface area contributed by atoms with Gasteiger partial charge in [0.05, 0.1) is 60.8 Å². The van der Waals surface area contributed by atoms with Gasteiger partial charge in [-0.2, -0.15) is 13.2 Å². The lowest BCUT2D eigenvalue weighted by molar-refractivity contribution is -0.138. The second-order valence-electron chi connectivity index (χ2n) is 14.4. The number of nitrogens with zero attached hydrogens (tertiary/aromatic N) is 3. The monoisotopic (exact) mass is 823 g/mol. The number of benzene rings is 3. The SMILES string of the molecule is O=C1CCC(N2C(=O)c3ccc(OCCOCCOCCOC[C@H]4CC[C@@H](n5c(NC(=O)c6cccc(C(F)(F)F)c6)nc6cc(F)ccc65)CC4)cc3C2=O)C(=O)N1. The van der Waals surface area contributed by atoms with E-state index >= 15 is 0 Å². The van der Waals surface area contributed by atoms with Crippen molar-refractivity contribution < 1.29 is 60.5 Å². The quantitative estimate of drug-likeness (QED) is 0.0812. The van der Waals surface area contributed by atoms with Gasteiger partial charge in [-0.05, 0) is 86.6 Å². The van der Waals surface area contributed by atoms with Crippen molar-refractivity contribution in [2.45, 2.75) is 56.8 Å². The van der Waals surface area contributed by atoms with E-state index < -0.39 is 53.1 Å². The second-order valence-corrected chi connectivity index (χ2v) is 14.4. The molecule has 0 spiro atoms. The number of imidazole rings is 1. The highest BCUT2D eigenvalue weighted by Crippen LogP contribution is 2.38. The predicted octanol–water partition coefficient (Wildman–Crippen LogP) is 5.71. The van der Waals surface area contributed by atoms with Crippen LogP contribution < -0.4 is 15.4 Å². The number of carbonyl (C=O) groups is 5. The summed E-state index contributed by atoms with van der Waals surface area (Å²) < 4.78 is 78.5. The first-order chi connectivity index (χ1) is 28.4. The van der Waals surface area contributed by atoms with E-state index in [4.69, 9.17) is 18.9 Å². The summed E-state index contributed by atoms with van der Waals surface area (Å²) in [7, 11) is 0. The molecule has 2 aliphatic heterocycles. The fourth-order valence-electron chi connectivity index (χ4n) is 7.56. The third kappa shape index (κ3) is 9.61. The van der Waals surface area contributed by atoms with Crippen LogP contribution >= 0.6 is 0 Å². The summed E-state index contributed by atoms with van der Waals surface area (Å²) in [6.45, 7) is 2.32. The average molecular weight is 824 g/mol. The first-order valence-electron chi connectivity index (χ1n) is 19.2. The van der Waals surface area contributed by atoms with E-state index in [2.05, 4.69) is 15.6 Å². The Morgan fingerprint density at radius 2 is 1.53 bits per heavy atom. The van der Waals surface area contributed by atoms with Gasteiger partial charge in [0.25, 0.3) is 17.7 Å². The minimum absolute atomic E-state index is 0.0370. The summed E-state index contributed by atoms with van der Waals surface area (Å²) in [6, 6.07) is 11.6. The first-order valence-corrected chi connectivity index (χ1v) is 19.2. The summed E-state index contributed by atoms with van der Waals surface area (Å²) in [5.41, 5.74) is 0.102. The number of carbonyl (C=O) groups excluding carboxylic acids is 5. The molecule has 0 bridgehead atoms. The average Bonchev–Trinajstić information content (AvgIpc) is 3.68. The van der Waals surface area contributed by atoms with E-state index in [-0.39, 0.29) is 60.7 Å². The van der Waals surface area contributed by atoms with Gasteiger partial charge in [0.1, 0.15) is 24.2 Å². The van der Waals surface area contributed by atoms with E-state index in [0.29, 0.717) is 62.7 Å². The first kappa shape index (κ1) is 41.4. The molecule has 3 heterocycles. The molecule has 1 aliphatic carbocycles. The Kier molecular flexibility index (Phi) is 12.7. The molecule has 1 saturated carbocycles. The van der Waals surface area contributed by atoms with Crippen molar-refractivity contribution in [3.63, 3.8) is 0 Å². The molecule has 18 heteroatoms. The molecule has 1 unspecified atom stereocenters. The number of nitrogens with one attached hydrogen (secondary N) is 2. The molecule has 59 heavy (non-hydrogen) atoms. The van der Waals surface area contributed by atoms with Crippen molar-refractivity contribution in [3.05, 3.63) is 88.7 Å². The summed E-state index contributed by atoms with van der Waals surface area (Å²) in [4.78, 5) is 68.0. The molecule has 1 saturated heterocycles. The number of fused-ring (bicyclic) bond motifs is 2. The number of rotatable bonds is 16. The zero-order valence-electron chi connectivity index (χ0n) is 31.7. The Labute approximate surface area is 335 Å². The zero-order valence-corrected chi connectivity index (χ0v) is 31.7. The lowest BCUT2D eigenvalue weighted by Crippen LogP contribution is -2.54. The number of alkyl halides is 3. The molecule has 5 amide bonds.